The van der Waals surface area contributed by atoms with Gasteiger partial charge in [-0.2, -0.15) is 0 Å². The van der Waals surface area contributed by atoms with Crippen molar-refractivity contribution in [2.75, 3.05) is 4.90 Å². The molecule has 63 heavy (non-hydrogen) atoms. The summed E-state index contributed by atoms with van der Waals surface area (Å²) in [4.78, 5) is 2.52. The van der Waals surface area contributed by atoms with Crippen LogP contribution in [0.25, 0.3) is 64.7 Å². The smallest absolute Gasteiger partial charge is 0.0714 e. The van der Waals surface area contributed by atoms with Gasteiger partial charge in [0.05, 0.1) is 11.1 Å². The molecule has 1 nitrogen and oxygen atoms in total. The molecule has 0 atom stereocenters. The normalized spacial score (nSPS) is 12.6. The molecule has 0 saturated carbocycles. The summed E-state index contributed by atoms with van der Waals surface area (Å²) in [6.07, 6.45) is 0. The maximum absolute atomic E-state index is 2.52. The lowest BCUT2D eigenvalue weighted by molar-refractivity contribution is 0.768. The zero-order valence-electron chi connectivity index (χ0n) is 34.5. The maximum atomic E-state index is 2.52. The van der Waals surface area contributed by atoms with Crippen LogP contribution in [0.4, 0.5) is 17.1 Å². The first-order chi connectivity index (χ1) is 31.2. The fraction of sp³-hybridized carbons (Fsp3) is 0.0164. The molecule has 0 radical (unpaired) electrons. The van der Waals surface area contributed by atoms with Crippen LogP contribution < -0.4 is 4.90 Å². The van der Waals surface area contributed by atoms with E-state index >= 15 is 0 Å². The Morgan fingerprint density at radius 2 is 0.794 bits per heavy atom. The number of nitrogens with zero attached hydrogens (tertiary/aromatic N) is 1. The van der Waals surface area contributed by atoms with Crippen molar-refractivity contribution in [3.8, 4) is 44.5 Å². The lowest BCUT2D eigenvalue weighted by Gasteiger charge is -2.35. The van der Waals surface area contributed by atoms with Crippen LogP contribution in [0.15, 0.2) is 249 Å². The van der Waals surface area contributed by atoms with Crippen LogP contribution in [0.2, 0.25) is 0 Å². The van der Waals surface area contributed by atoms with E-state index in [1.54, 1.807) is 0 Å². The second kappa shape index (κ2) is 15.3. The van der Waals surface area contributed by atoms with E-state index in [0.717, 1.165) is 28.2 Å². The largest absolute Gasteiger partial charge is 0.310 e. The Bertz CT molecular complexity index is 3390. The van der Waals surface area contributed by atoms with E-state index in [1.165, 1.54) is 75.8 Å². The summed E-state index contributed by atoms with van der Waals surface area (Å²) in [6, 6.07) is 91.8. The third-order valence-electron chi connectivity index (χ3n) is 13.0. The standard InChI is InChI=1S/C61H41NS/c1-5-17-42(18-6-1)44-29-31-45(32-30-44)51-36-33-46(43-19-7-2-8-20-43)39-58(51)62(49-35-38-60-55(40-49)54-26-14-16-28-59(54)63-60)50-34-37-53-52-25-13-15-27-56(52)61(57(53)41-50,47-21-9-3-10-22-47)48-23-11-4-12-24-48/h1-41H. The molecule has 10 aromatic carbocycles. The lowest BCUT2D eigenvalue weighted by atomic mass is 9.67. The maximum Gasteiger partial charge on any atom is 0.0714 e. The van der Waals surface area contributed by atoms with Crippen molar-refractivity contribution in [1.29, 1.82) is 0 Å². The number of fused-ring (bicyclic) bond motifs is 6. The zero-order valence-corrected chi connectivity index (χ0v) is 35.3. The summed E-state index contributed by atoms with van der Waals surface area (Å²) in [5, 5.41) is 2.55. The SMILES string of the molecule is c1ccc(-c2ccc(-c3ccc(-c4ccccc4)cc3N(c3ccc4c(c3)C(c3ccccc3)(c3ccccc3)c3ccccc3-4)c3ccc4sc5ccccc5c4c3)cc2)cc1. The molecule has 2 heteroatoms. The number of thiophene rings is 1. The molecule has 296 valence electrons. The first-order valence-corrected chi connectivity index (χ1v) is 22.5. The van der Waals surface area contributed by atoms with Crippen LogP contribution in [0.1, 0.15) is 22.3 Å². The molecule has 1 aliphatic rings. The van der Waals surface area contributed by atoms with Crippen molar-refractivity contribution in [3.63, 3.8) is 0 Å². The number of rotatable bonds is 8. The minimum absolute atomic E-state index is 0.536. The van der Waals surface area contributed by atoms with Crippen molar-refractivity contribution >= 4 is 48.6 Å². The quantitative estimate of drug-likeness (QED) is 0.148. The van der Waals surface area contributed by atoms with Crippen molar-refractivity contribution in [2.24, 2.45) is 0 Å². The topological polar surface area (TPSA) is 3.24 Å². The monoisotopic (exact) mass is 819 g/mol. The predicted octanol–water partition coefficient (Wildman–Crippen LogP) is 16.9. The van der Waals surface area contributed by atoms with Crippen LogP contribution >= 0.6 is 11.3 Å². The molecular formula is C61H41NS. The fourth-order valence-electron chi connectivity index (χ4n) is 10.1. The Morgan fingerprint density at radius 3 is 1.51 bits per heavy atom. The summed E-state index contributed by atoms with van der Waals surface area (Å²) < 4.78 is 2.58. The Labute approximate surface area is 372 Å². The molecule has 1 heterocycles. The van der Waals surface area contributed by atoms with E-state index in [1.807, 2.05) is 11.3 Å². The molecular weight excluding hydrogens is 779 g/mol. The van der Waals surface area contributed by atoms with E-state index in [9.17, 15) is 0 Å². The molecule has 12 rings (SSSR count). The van der Waals surface area contributed by atoms with Gasteiger partial charge in [-0.05, 0) is 104 Å². The van der Waals surface area contributed by atoms with Crippen molar-refractivity contribution in [3.05, 3.63) is 271 Å². The minimum atomic E-state index is -0.536. The highest BCUT2D eigenvalue weighted by atomic mass is 32.1. The van der Waals surface area contributed by atoms with E-state index in [0.29, 0.717) is 0 Å². The molecule has 11 aromatic rings. The second-order valence-corrected chi connectivity index (χ2v) is 17.5. The highest BCUT2D eigenvalue weighted by molar-refractivity contribution is 7.25. The van der Waals surface area contributed by atoms with Crippen LogP contribution in [0.3, 0.4) is 0 Å². The van der Waals surface area contributed by atoms with Crippen LogP contribution in [0.5, 0.6) is 0 Å². The second-order valence-electron chi connectivity index (χ2n) is 16.4. The van der Waals surface area contributed by atoms with Gasteiger partial charge in [0.25, 0.3) is 0 Å². The van der Waals surface area contributed by atoms with E-state index < -0.39 is 5.41 Å². The predicted molar refractivity (Wildman–Crippen MR) is 268 cm³/mol. The Balaban J connectivity index is 1.15. The van der Waals surface area contributed by atoms with Gasteiger partial charge in [-0.15, -0.1) is 11.3 Å². The highest BCUT2D eigenvalue weighted by Gasteiger charge is 2.46. The summed E-state index contributed by atoms with van der Waals surface area (Å²) in [7, 11) is 0. The van der Waals surface area contributed by atoms with Gasteiger partial charge >= 0.3 is 0 Å². The highest BCUT2D eigenvalue weighted by Crippen LogP contribution is 2.57. The van der Waals surface area contributed by atoms with Gasteiger partial charge in [-0.3, -0.25) is 0 Å². The molecule has 1 aromatic heterocycles. The van der Waals surface area contributed by atoms with Crippen molar-refractivity contribution in [1.82, 2.24) is 0 Å². The molecule has 0 bridgehead atoms. The average molecular weight is 820 g/mol. The molecule has 0 amide bonds. The van der Waals surface area contributed by atoms with Crippen molar-refractivity contribution < 1.29 is 0 Å². The van der Waals surface area contributed by atoms with E-state index in [4.69, 9.17) is 0 Å². The molecule has 0 spiro atoms. The summed E-state index contributed by atoms with van der Waals surface area (Å²) in [5.41, 5.74) is 17.5. The number of anilines is 3. The van der Waals surface area contributed by atoms with Gasteiger partial charge in [0.2, 0.25) is 0 Å². The Hall–Kier alpha value is -7.78. The molecule has 1 aliphatic carbocycles. The number of benzene rings is 10. The van der Waals surface area contributed by atoms with Crippen LogP contribution in [-0.2, 0) is 5.41 Å². The van der Waals surface area contributed by atoms with Gasteiger partial charge in [0, 0.05) is 37.1 Å². The van der Waals surface area contributed by atoms with Gasteiger partial charge in [0.15, 0.2) is 0 Å². The molecule has 0 fully saturated rings. The van der Waals surface area contributed by atoms with E-state index in [-0.39, 0.29) is 0 Å². The third kappa shape index (κ3) is 6.14. The average Bonchev–Trinajstić information content (AvgIpc) is 3.88. The fourth-order valence-corrected chi connectivity index (χ4v) is 11.2. The summed E-state index contributed by atoms with van der Waals surface area (Å²) in [6.45, 7) is 0. The molecule has 0 N–H and O–H groups in total. The Kier molecular flexibility index (Phi) is 8.98. The molecule has 0 saturated heterocycles. The zero-order chi connectivity index (χ0) is 41.7. The van der Waals surface area contributed by atoms with Gasteiger partial charge in [-0.25, -0.2) is 0 Å². The van der Waals surface area contributed by atoms with Gasteiger partial charge in [0.1, 0.15) is 0 Å². The minimum Gasteiger partial charge on any atom is -0.310 e. The number of hydrogen-bond donors (Lipinski definition) is 0. The van der Waals surface area contributed by atoms with Crippen LogP contribution in [-0.4, -0.2) is 0 Å². The Morgan fingerprint density at radius 1 is 0.302 bits per heavy atom. The first kappa shape index (κ1) is 37.0. The van der Waals surface area contributed by atoms with Crippen LogP contribution in [0, 0.1) is 0 Å². The number of hydrogen-bond acceptors (Lipinski definition) is 2. The molecule has 0 aliphatic heterocycles. The van der Waals surface area contributed by atoms with Gasteiger partial charge < -0.3 is 4.90 Å². The summed E-state index contributed by atoms with van der Waals surface area (Å²) >= 11 is 1.86. The lowest BCUT2D eigenvalue weighted by Crippen LogP contribution is -2.28. The summed E-state index contributed by atoms with van der Waals surface area (Å²) in [5.74, 6) is 0. The first-order valence-electron chi connectivity index (χ1n) is 21.7. The third-order valence-corrected chi connectivity index (χ3v) is 14.1. The van der Waals surface area contributed by atoms with E-state index in [2.05, 4.69) is 254 Å². The van der Waals surface area contributed by atoms with Gasteiger partial charge in [-0.1, -0.05) is 206 Å². The molecule has 0 unspecified atom stereocenters. The van der Waals surface area contributed by atoms with Crippen molar-refractivity contribution in [2.45, 2.75) is 5.41 Å².